The maximum absolute atomic E-state index is 7.48. The maximum Gasteiger partial charge on any atom is 0.410 e. The van der Waals surface area contributed by atoms with Crippen molar-refractivity contribution >= 4 is 29.2 Å². The predicted octanol–water partition coefficient (Wildman–Crippen LogP) is 7.26. The second-order valence-corrected chi connectivity index (χ2v) is 15.5. The highest BCUT2D eigenvalue weighted by Crippen LogP contribution is 2.47. The Bertz CT molecular complexity index is 361. The van der Waals surface area contributed by atoms with Crippen molar-refractivity contribution in [1.29, 1.82) is 0 Å². The number of hydrogen-bond acceptors (Lipinski definition) is 2. The molecule has 0 heterocycles. The third-order valence-electron chi connectivity index (χ3n) is 6.42. The lowest BCUT2D eigenvalue weighted by Crippen LogP contribution is -2.77. The normalized spacial score (nSPS) is 15.4. The molecule has 0 aliphatic rings. The Labute approximate surface area is 169 Å². The molecule has 2 nitrogen and oxygen atoms in total. The molecular formula is C20H44Cl2N2Si. The predicted molar refractivity (Wildman–Crippen MR) is 119 cm³/mol. The highest BCUT2D eigenvalue weighted by molar-refractivity contribution is 7.42. The van der Waals surface area contributed by atoms with Crippen molar-refractivity contribution in [2.24, 2.45) is 0 Å². The van der Waals surface area contributed by atoms with E-state index in [2.05, 4.69) is 92.2 Å². The van der Waals surface area contributed by atoms with E-state index in [0.29, 0.717) is 0 Å². The summed E-state index contributed by atoms with van der Waals surface area (Å²) >= 11 is 15.0. The van der Waals surface area contributed by atoms with Gasteiger partial charge in [-0.3, -0.25) is 9.13 Å². The number of nitrogens with zero attached hydrogens (tertiary/aromatic N) is 2. The molecule has 0 spiro atoms. The van der Waals surface area contributed by atoms with Gasteiger partial charge in [-0.1, -0.05) is 27.7 Å². The summed E-state index contributed by atoms with van der Waals surface area (Å²) in [4.78, 5) is 0. The van der Waals surface area contributed by atoms with Gasteiger partial charge in [0.15, 0.2) is 0 Å². The van der Waals surface area contributed by atoms with Crippen LogP contribution in [-0.4, -0.2) is 38.3 Å². The van der Waals surface area contributed by atoms with Gasteiger partial charge in [-0.05, 0) is 81.1 Å². The highest BCUT2D eigenvalue weighted by atomic mass is 35.7. The standard InChI is InChI=1S/C20H44Cl2N2Si/c1-13-17(5,6)23(18(7,8)14-2)25(21,22)24(19(9,10)15-3)20(11,12)16-4/h13-16H2,1-12H3. The van der Waals surface area contributed by atoms with Crippen molar-refractivity contribution in [3.8, 4) is 0 Å². The van der Waals surface area contributed by atoms with Gasteiger partial charge in [-0.25, -0.2) is 0 Å². The van der Waals surface area contributed by atoms with Crippen molar-refractivity contribution in [3.63, 3.8) is 0 Å². The largest absolute Gasteiger partial charge is 0.410 e. The molecule has 0 aromatic rings. The lowest BCUT2D eigenvalue weighted by molar-refractivity contribution is 0.0387. The first-order chi connectivity index (χ1) is 11.0. The first-order valence-corrected chi connectivity index (χ1v) is 13.9. The van der Waals surface area contributed by atoms with Crippen LogP contribution in [-0.2, 0) is 0 Å². The second kappa shape index (κ2) is 8.39. The van der Waals surface area contributed by atoms with Gasteiger partial charge in [0, 0.05) is 22.2 Å². The fraction of sp³-hybridized carbons (Fsp3) is 1.00. The Balaban J connectivity index is 6.63. The quantitative estimate of drug-likeness (QED) is 0.276. The molecule has 0 unspecified atom stereocenters. The zero-order valence-corrected chi connectivity index (χ0v) is 21.5. The molecule has 0 radical (unpaired) electrons. The molecule has 152 valence electrons. The molecule has 0 amide bonds. The Morgan fingerprint density at radius 1 is 0.520 bits per heavy atom. The number of rotatable bonds is 10. The topological polar surface area (TPSA) is 6.48 Å². The molecule has 0 rings (SSSR count). The Morgan fingerprint density at radius 3 is 0.800 bits per heavy atom. The van der Waals surface area contributed by atoms with Gasteiger partial charge in [-0.2, -0.15) is 0 Å². The van der Waals surface area contributed by atoms with Crippen LogP contribution < -0.4 is 0 Å². The first-order valence-electron chi connectivity index (χ1n) is 9.96. The fourth-order valence-corrected chi connectivity index (χ4v) is 13.1. The second-order valence-electron chi connectivity index (χ2n) is 9.84. The minimum Gasteiger partial charge on any atom is -0.277 e. The molecule has 0 aromatic heterocycles. The number of hydrogen-bond donors (Lipinski definition) is 0. The van der Waals surface area contributed by atoms with Gasteiger partial charge in [0.1, 0.15) is 0 Å². The lowest BCUT2D eigenvalue weighted by Gasteiger charge is -2.61. The van der Waals surface area contributed by atoms with E-state index in [-0.39, 0.29) is 22.2 Å². The summed E-state index contributed by atoms with van der Waals surface area (Å²) in [5, 5.41) is 0. The maximum atomic E-state index is 7.48. The van der Waals surface area contributed by atoms with Gasteiger partial charge in [0.2, 0.25) is 0 Å². The average molecular weight is 412 g/mol. The monoisotopic (exact) mass is 410 g/mol. The third kappa shape index (κ3) is 5.37. The smallest absolute Gasteiger partial charge is 0.277 e. The summed E-state index contributed by atoms with van der Waals surface area (Å²) < 4.78 is 4.95. The van der Waals surface area contributed by atoms with Crippen molar-refractivity contribution in [2.75, 3.05) is 0 Å². The van der Waals surface area contributed by atoms with E-state index in [4.69, 9.17) is 22.2 Å². The van der Waals surface area contributed by atoms with E-state index in [1.807, 2.05) is 0 Å². The van der Waals surface area contributed by atoms with Crippen LogP contribution in [0.4, 0.5) is 0 Å². The molecule has 25 heavy (non-hydrogen) atoms. The summed E-state index contributed by atoms with van der Waals surface area (Å²) in [6.45, 7) is 27.2. The summed E-state index contributed by atoms with van der Waals surface area (Å²) in [7, 11) is -2.98. The van der Waals surface area contributed by atoms with E-state index in [0.717, 1.165) is 25.7 Å². The van der Waals surface area contributed by atoms with Crippen LogP contribution in [0.15, 0.2) is 0 Å². The van der Waals surface area contributed by atoms with Crippen LogP contribution in [0.2, 0.25) is 0 Å². The van der Waals surface area contributed by atoms with Crippen LogP contribution in [0.5, 0.6) is 0 Å². The zero-order valence-electron chi connectivity index (χ0n) is 19.0. The SMILES string of the molecule is CCC(C)(C)N(C(C)(C)CC)[Si](Cl)(Cl)N(C(C)(C)CC)C(C)(C)CC. The molecule has 0 aromatic carbocycles. The van der Waals surface area contributed by atoms with E-state index in [9.17, 15) is 0 Å². The van der Waals surface area contributed by atoms with Gasteiger partial charge in [0.05, 0.1) is 0 Å². The molecule has 0 aliphatic heterocycles. The van der Waals surface area contributed by atoms with Crippen LogP contribution >= 0.6 is 22.2 Å². The van der Waals surface area contributed by atoms with Crippen molar-refractivity contribution in [3.05, 3.63) is 0 Å². The minimum atomic E-state index is -2.98. The van der Waals surface area contributed by atoms with Gasteiger partial charge in [0.25, 0.3) is 0 Å². The molecule has 0 N–H and O–H groups in total. The average Bonchev–Trinajstić information content (AvgIpc) is 2.45. The fourth-order valence-electron chi connectivity index (χ4n) is 3.83. The van der Waals surface area contributed by atoms with E-state index >= 15 is 0 Å². The molecule has 0 atom stereocenters. The molecular weight excluding hydrogens is 367 g/mol. The number of halogens is 2. The van der Waals surface area contributed by atoms with Crippen molar-refractivity contribution in [1.82, 2.24) is 9.13 Å². The Morgan fingerprint density at radius 2 is 0.680 bits per heavy atom. The Hall–Kier alpha value is 0.717. The van der Waals surface area contributed by atoms with Gasteiger partial charge in [-0.15, -0.1) is 22.2 Å². The van der Waals surface area contributed by atoms with Gasteiger partial charge < -0.3 is 0 Å². The lowest BCUT2D eigenvalue weighted by atomic mass is 9.93. The van der Waals surface area contributed by atoms with E-state index in [1.165, 1.54) is 0 Å². The van der Waals surface area contributed by atoms with Gasteiger partial charge >= 0.3 is 7.02 Å². The summed E-state index contributed by atoms with van der Waals surface area (Å²) in [6, 6.07) is 0. The first kappa shape index (κ1) is 25.7. The molecule has 0 bridgehead atoms. The van der Waals surface area contributed by atoms with Crippen LogP contribution in [0.25, 0.3) is 0 Å². The van der Waals surface area contributed by atoms with E-state index in [1.54, 1.807) is 0 Å². The van der Waals surface area contributed by atoms with E-state index < -0.39 is 7.02 Å². The van der Waals surface area contributed by atoms with Crippen LogP contribution in [0.3, 0.4) is 0 Å². The van der Waals surface area contributed by atoms with Crippen molar-refractivity contribution in [2.45, 2.75) is 131 Å². The summed E-state index contributed by atoms with van der Waals surface area (Å²) in [5.41, 5.74) is -0.273. The van der Waals surface area contributed by atoms with Crippen LogP contribution in [0.1, 0.15) is 109 Å². The minimum absolute atomic E-state index is 0.0683. The highest BCUT2D eigenvalue weighted by Gasteiger charge is 2.60. The Kier molecular flexibility index (Phi) is 8.63. The molecule has 0 saturated heterocycles. The molecule has 5 heteroatoms. The molecule has 0 saturated carbocycles. The summed E-state index contributed by atoms with van der Waals surface area (Å²) in [5.74, 6) is 0. The van der Waals surface area contributed by atoms with Crippen molar-refractivity contribution < 1.29 is 0 Å². The third-order valence-corrected chi connectivity index (χ3v) is 11.9. The molecule has 0 fully saturated rings. The molecule has 0 aliphatic carbocycles. The zero-order chi connectivity index (χ0) is 20.5. The van der Waals surface area contributed by atoms with Crippen LogP contribution in [0, 0.1) is 0 Å². The summed E-state index contributed by atoms with van der Waals surface area (Å²) in [6.07, 6.45) is 4.05.